The second-order valence-electron chi connectivity index (χ2n) is 4.34. The van der Waals surface area contributed by atoms with E-state index in [2.05, 4.69) is 4.98 Å². The minimum Gasteiger partial charge on any atom is -0.399 e. The van der Waals surface area contributed by atoms with Crippen LogP contribution in [0.5, 0.6) is 0 Å². The van der Waals surface area contributed by atoms with Gasteiger partial charge in [-0.3, -0.25) is 0 Å². The van der Waals surface area contributed by atoms with E-state index in [1.165, 1.54) is 6.20 Å². The SMILES string of the molecule is Cn1ccnc1CCS(=O)(=O)c1c(F)cc(N)cc1F. The Bertz CT molecular complexity index is 718. The Morgan fingerprint density at radius 3 is 2.40 bits per heavy atom. The summed E-state index contributed by atoms with van der Waals surface area (Å²) < 4.78 is 53.0. The van der Waals surface area contributed by atoms with Gasteiger partial charge in [-0.05, 0) is 12.1 Å². The molecule has 2 N–H and O–H groups in total. The average molecular weight is 301 g/mol. The number of imidazole rings is 1. The van der Waals surface area contributed by atoms with E-state index < -0.39 is 32.1 Å². The van der Waals surface area contributed by atoms with Crippen molar-refractivity contribution in [3.63, 3.8) is 0 Å². The van der Waals surface area contributed by atoms with Gasteiger partial charge in [0.15, 0.2) is 9.84 Å². The molecule has 108 valence electrons. The molecule has 1 heterocycles. The highest BCUT2D eigenvalue weighted by atomic mass is 32.2. The highest BCUT2D eigenvalue weighted by Gasteiger charge is 2.25. The van der Waals surface area contributed by atoms with Crippen LogP contribution in [0.3, 0.4) is 0 Å². The molecule has 0 saturated heterocycles. The van der Waals surface area contributed by atoms with Crippen LogP contribution in [0.1, 0.15) is 5.82 Å². The average Bonchev–Trinajstić information content (AvgIpc) is 2.70. The number of aryl methyl sites for hydroxylation is 2. The summed E-state index contributed by atoms with van der Waals surface area (Å²) in [5.41, 5.74) is 5.09. The fourth-order valence-corrected chi connectivity index (χ4v) is 3.21. The molecule has 20 heavy (non-hydrogen) atoms. The summed E-state index contributed by atoms with van der Waals surface area (Å²) in [5.74, 6) is -2.27. The van der Waals surface area contributed by atoms with Crippen molar-refractivity contribution in [3.05, 3.63) is 42.0 Å². The van der Waals surface area contributed by atoms with Crippen molar-refractivity contribution >= 4 is 15.5 Å². The van der Waals surface area contributed by atoms with Crippen molar-refractivity contribution in [3.8, 4) is 0 Å². The molecular formula is C12H13F2N3O2S. The highest BCUT2D eigenvalue weighted by molar-refractivity contribution is 7.91. The number of sulfone groups is 1. The maximum atomic E-state index is 13.6. The van der Waals surface area contributed by atoms with E-state index in [0.717, 1.165) is 12.1 Å². The third-order valence-corrected chi connectivity index (χ3v) is 4.60. The number of benzene rings is 1. The molecule has 0 spiro atoms. The van der Waals surface area contributed by atoms with Crippen LogP contribution in [-0.4, -0.2) is 23.7 Å². The summed E-state index contributed by atoms with van der Waals surface area (Å²) >= 11 is 0. The first-order valence-electron chi connectivity index (χ1n) is 5.75. The molecule has 2 rings (SSSR count). The molecule has 0 saturated carbocycles. The Morgan fingerprint density at radius 1 is 1.30 bits per heavy atom. The molecule has 0 amide bonds. The van der Waals surface area contributed by atoms with Crippen LogP contribution in [0, 0.1) is 11.6 Å². The number of nitrogen functional groups attached to an aromatic ring is 1. The third kappa shape index (κ3) is 2.79. The summed E-state index contributed by atoms with van der Waals surface area (Å²) in [4.78, 5) is 3.02. The lowest BCUT2D eigenvalue weighted by Gasteiger charge is -2.08. The zero-order chi connectivity index (χ0) is 14.9. The van der Waals surface area contributed by atoms with Crippen LogP contribution in [0.2, 0.25) is 0 Å². The van der Waals surface area contributed by atoms with Gasteiger partial charge in [-0.25, -0.2) is 22.2 Å². The van der Waals surface area contributed by atoms with Crippen molar-refractivity contribution in [2.45, 2.75) is 11.3 Å². The Labute approximate surface area is 115 Å². The molecule has 5 nitrogen and oxygen atoms in total. The van der Waals surface area contributed by atoms with Crippen LogP contribution in [0.25, 0.3) is 0 Å². The van der Waals surface area contributed by atoms with E-state index in [9.17, 15) is 17.2 Å². The first-order valence-corrected chi connectivity index (χ1v) is 7.40. The van der Waals surface area contributed by atoms with Gasteiger partial charge in [0.25, 0.3) is 0 Å². The molecule has 0 bridgehead atoms. The van der Waals surface area contributed by atoms with E-state index in [1.54, 1.807) is 17.8 Å². The second kappa shape index (κ2) is 5.20. The van der Waals surface area contributed by atoms with Crippen LogP contribution < -0.4 is 5.73 Å². The summed E-state index contributed by atoms with van der Waals surface area (Å²) in [6, 6.07) is 1.58. The van der Waals surface area contributed by atoms with E-state index in [1.807, 2.05) is 0 Å². The topological polar surface area (TPSA) is 78.0 Å². The maximum absolute atomic E-state index is 13.6. The van der Waals surface area contributed by atoms with E-state index >= 15 is 0 Å². The molecular weight excluding hydrogens is 288 g/mol. The van der Waals surface area contributed by atoms with Gasteiger partial charge in [0.05, 0.1) is 5.75 Å². The lowest BCUT2D eigenvalue weighted by Crippen LogP contribution is -2.15. The molecule has 2 aromatic rings. The van der Waals surface area contributed by atoms with Crippen molar-refractivity contribution in [2.75, 3.05) is 11.5 Å². The Hall–Kier alpha value is -1.96. The Balaban J connectivity index is 2.30. The normalized spacial score (nSPS) is 11.8. The smallest absolute Gasteiger partial charge is 0.184 e. The number of nitrogens with two attached hydrogens (primary N) is 1. The van der Waals surface area contributed by atoms with Crippen molar-refractivity contribution in [2.24, 2.45) is 7.05 Å². The standard InChI is InChI=1S/C12H13F2N3O2S/c1-17-4-3-16-11(17)2-5-20(18,19)12-9(13)6-8(15)7-10(12)14/h3-4,6-7H,2,5,15H2,1H3. The number of rotatable bonds is 4. The van der Waals surface area contributed by atoms with Crippen LogP contribution >= 0.6 is 0 Å². The summed E-state index contributed by atoms with van der Waals surface area (Å²) in [6.07, 6.45) is 3.24. The van der Waals surface area contributed by atoms with Crippen molar-refractivity contribution in [1.29, 1.82) is 0 Å². The number of hydrogen-bond donors (Lipinski definition) is 1. The van der Waals surface area contributed by atoms with Crippen LogP contribution in [-0.2, 0) is 23.3 Å². The van der Waals surface area contributed by atoms with Gasteiger partial charge in [0, 0.05) is 31.5 Å². The van der Waals surface area contributed by atoms with Gasteiger partial charge in [-0.2, -0.15) is 0 Å². The van der Waals surface area contributed by atoms with Crippen molar-refractivity contribution in [1.82, 2.24) is 9.55 Å². The van der Waals surface area contributed by atoms with Gasteiger partial charge >= 0.3 is 0 Å². The molecule has 0 aliphatic heterocycles. The van der Waals surface area contributed by atoms with Gasteiger partial charge in [-0.15, -0.1) is 0 Å². The monoisotopic (exact) mass is 301 g/mol. The highest BCUT2D eigenvalue weighted by Crippen LogP contribution is 2.23. The Kier molecular flexibility index (Phi) is 3.76. The number of halogens is 2. The Morgan fingerprint density at radius 2 is 1.90 bits per heavy atom. The first-order chi connectivity index (χ1) is 9.31. The third-order valence-electron chi connectivity index (χ3n) is 2.85. The van der Waals surface area contributed by atoms with Gasteiger partial charge in [-0.1, -0.05) is 0 Å². The van der Waals surface area contributed by atoms with Crippen molar-refractivity contribution < 1.29 is 17.2 Å². The lowest BCUT2D eigenvalue weighted by atomic mass is 10.3. The predicted octanol–water partition coefficient (Wildman–Crippen LogP) is 1.30. The minimum atomic E-state index is -4.09. The molecule has 1 aromatic carbocycles. The van der Waals surface area contributed by atoms with E-state index in [0.29, 0.717) is 5.82 Å². The molecule has 0 unspecified atom stereocenters. The van der Waals surface area contributed by atoms with E-state index in [-0.39, 0.29) is 12.1 Å². The molecule has 8 heteroatoms. The molecule has 0 fully saturated rings. The summed E-state index contributed by atoms with van der Waals surface area (Å²) in [6.45, 7) is 0. The zero-order valence-electron chi connectivity index (χ0n) is 10.7. The number of nitrogens with zero attached hydrogens (tertiary/aromatic N) is 2. The minimum absolute atomic E-state index is 0.0646. The molecule has 0 radical (unpaired) electrons. The number of anilines is 1. The summed E-state index contributed by atoms with van der Waals surface area (Å²) in [7, 11) is -2.38. The zero-order valence-corrected chi connectivity index (χ0v) is 11.5. The largest absolute Gasteiger partial charge is 0.399 e. The van der Waals surface area contributed by atoms with Crippen LogP contribution in [0.15, 0.2) is 29.4 Å². The van der Waals surface area contributed by atoms with E-state index in [4.69, 9.17) is 5.73 Å². The molecule has 0 aliphatic carbocycles. The molecule has 0 aliphatic rings. The number of hydrogen-bond acceptors (Lipinski definition) is 4. The van der Waals surface area contributed by atoms with Gasteiger partial charge < -0.3 is 10.3 Å². The predicted molar refractivity (Wildman–Crippen MR) is 69.7 cm³/mol. The fourth-order valence-electron chi connectivity index (χ4n) is 1.84. The van der Waals surface area contributed by atoms with Gasteiger partial charge in [0.1, 0.15) is 22.4 Å². The number of aromatic nitrogens is 2. The maximum Gasteiger partial charge on any atom is 0.184 e. The lowest BCUT2D eigenvalue weighted by molar-refractivity contribution is 0.519. The first kappa shape index (κ1) is 14.4. The second-order valence-corrected chi connectivity index (χ2v) is 6.38. The van der Waals surface area contributed by atoms with Crippen LogP contribution in [0.4, 0.5) is 14.5 Å². The summed E-state index contributed by atoms with van der Waals surface area (Å²) in [5, 5.41) is 0. The quantitative estimate of drug-likeness (QED) is 0.863. The molecule has 0 atom stereocenters. The van der Waals surface area contributed by atoms with Gasteiger partial charge in [0.2, 0.25) is 0 Å². The fraction of sp³-hybridized carbons (Fsp3) is 0.250. The molecule has 1 aromatic heterocycles.